The van der Waals surface area contributed by atoms with Gasteiger partial charge in [-0.1, -0.05) is 29.8 Å². The van der Waals surface area contributed by atoms with E-state index in [0.717, 1.165) is 28.8 Å². The summed E-state index contributed by atoms with van der Waals surface area (Å²) in [5.41, 5.74) is 4.01. The maximum atomic E-state index is 6.20. The lowest BCUT2D eigenvalue weighted by atomic mass is 10.2. The summed E-state index contributed by atoms with van der Waals surface area (Å²) in [7, 11) is 3.78. The second kappa shape index (κ2) is 7.43. The van der Waals surface area contributed by atoms with Crippen LogP contribution in [0.2, 0.25) is 5.02 Å². The molecule has 1 heterocycles. The lowest BCUT2D eigenvalue weighted by molar-refractivity contribution is 0.477. The van der Waals surface area contributed by atoms with E-state index in [4.69, 9.17) is 11.6 Å². The number of nitrogens with one attached hydrogen (secondary N) is 1. The zero-order valence-corrected chi connectivity index (χ0v) is 14.0. The Labute approximate surface area is 134 Å². The van der Waals surface area contributed by atoms with E-state index in [2.05, 4.69) is 20.2 Å². The van der Waals surface area contributed by atoms with Crippen LogP contribution in [0.1, 0.15) is 16.1 Å². The first-order chi connectivity index (χ1) is 10.1. The van der Waals surface area contributed by atoms with E-state index in [1.807, 2.05) is 43.7 Å². The van der Waals surface area contributed by atoms with E-state index in [0.29, 0.717) is 6.54 Å². The van der Waals surface area contributed by atoms with E-state index in [-0.39, 0.29) is 0 Å². The Balaban J connectivity index is 1.98. The highest BCUT2D eigenvalue weighted by Gasteiger charge is 2.09. The summed E-state index contributed by atoms with van der Waals surface area (Å²) in [5.74, 6) is 0.836. The zero-order chi connectivity index (χ0) is 15.2. The molecule has 21 heavy (non-hydrogen) atoms. The minimum Gasteiger partial charge on any atom is -0.351 e. The first-order valence-corrected chi connectivity index (χ1v) is 7.91. The molecule has 0 saturated carbocycles. The predicted octanol–water partition coefficient (Wildman–Crippen LogP) is 3.31. The maximum Gasteiger partial charge on any atom is 0.193 e. The number of benzene rings is 1. The van der Waals surface area contributed by atoms with Gasteiger partial charge in [0.1, 0.15) is 0 Å². The average Bonchev–Trinajstić information content (AvgIpc) is 2.88. The van der Waals surface area contributed by atoms with E-state index in [9.17, 15) is 0 Å². The van der Waals surface area contributed by atoms with Gasteiger partial charge in [0, 0.05) is 30.5 Å². The lowest BCUT2D eigenvalue weighted by Crippen LogP contribution is -2.38. The fourth-order valence-corrected chi connectivity index (χ4v) is 2.91. The highest BCUT2D eigenvalue weighted by atomic mass is 35.5. The Morgan fingerprint density at radius 2 is 2.19 bits per heavy atom. The van der Waals surface area contributed by atoms with Gasteiger partial charge in [-0.05, 0) is 18.6 Å². The third-order valence-electron chi connectivity index (χ3n) is 3.19. The second-order valence-corrected chi connectivity index (χ2v) is 6.06. The molecule has 2 rings (SSSR count). The summed E-state index contributed by atoms with van der Waals surface area (Å²) in [6.45, 7) is 3.46. The first kappa shape index (κ1) is 15.8. The number of halogens is 1. The van der Waals surface area contributed by atoms with Gasteiger partial charge in [0.05, 0.1) is 17.7 Å². The SMILES string of the molecule is CN=C(NCc1scnc1C)N(C)Cc1ccccc1Cl. The van der Waals surface area contributed by atoms with Gasteiger partial charge in [-0.3, -0.25) is 4.99 Å². The summed E-state index contributed by atoms with van der Waals surface area (Å²) in [6.07, 6.45) is 0. The Kier molecular flexibility index (Phi) is 5.59. The van der Waals surface area contributed by atoms with Gasteiger partial charge in [0.2, 0.25) is 0 Å². The van der Waals surface area contributed by atoms with Crippen molar-refractivity contribution in [3.63, 3.8) is 0 Å². The van der Waals surface area contributed by atoms with Crippen molar-refractivity contribution < 1.29 is 0 Å². The smallest absolute Gasteiger partial charge is 0.193 e. The van der Waals surface area contributed by atoms with Gasteiger partial charge in [0.15, 0.2) is 5.96 Å². The topological polar surface area (TPSA) is 40.5 Å². The minimum absolute atomic E-state index is 0.709. The lowest BCUT2D eigenvalue weighted by Gasteiger charge is -2.22. The summed E-state index contributed by atoms with van der Waals surface area (Å²) in [6, 6.07) is 7.86. The normalized spacial score (nSPS) is 11.5. The number of aliphatic imine (C=N–C) groups is 1. The molecule has 0 aliphatic heterocycles. The summed E-state index contributed by atoms with van der Waals surface area (Å²) >= 11 is 7.85. The van der Waals surface area contributed by atoms with E-state index in [1.54, 1.807) is 18.4 Å². The number of guanidine groups is 1. The number of nitrogens with zero attached hydrogens (tertiary/aromatic N) is 3. The van der Waals surface area contributed by atoms with E-state index >= 15 is 0 Å². The summed E-state index contributed by atoms with van der Waals surface area (Å²) in [5, 5.41) is 4.13. The molecule has 0 fully saturated rings. The first-order valence-electron chi connectivity index (χ1n) is 6.66. The largest absolute Gasteiger partial charge is 0.351 e. The molecular weight excluding hydrogens is 304 g/mol. The van der Waals surface area contributed by atoms with Crippen LogP contribution in [0.15, 0.2) is 34.8 Å². The molecule has 4 nitrogen and oxygen atoms in total. The molecular formula is C15H19ClN4S. The molecule has 1 N–H and O–H groups in total. The molecule has 0 saturated heterocycles. The number of aryl methyl sites for hydroxylation is 1. The van der Waals surface area contributed by atoms with Gasteiger partial charge in [-0.25, -0.2) is 4.98 Å². The highest BCUT2D eigenvalue weighted by Crippen LogP contribution is 2.16. The number of thiazole rings is 1. The molecule has 0 bridgehead atoms. The van der Waals surface area contributed by atoms with Crippen LogP contribution in [0.4, 0.5) is 0 Å². The quantitative estimate of drug-likeness (QED) is 0.693. The summed E-state index contributed by atoms with van der Waals surface area (Å²) in [4.78, 5) is 11.8. The Bertz CT molecular complexity index is 624. The molecule has 1 aromatic carbocycles. The van der Waals surface area contributed by atoms with Crippen LogP contribution in [0, 0.1) is 6.92 Å². The standard InChI is InChI=1S/C15H19ClN4S/c1-11-14(21-10-19-11)8-18-15(17-2)20(3)9-12-6-4-5-7-13(12)16/h4-7,10H,8-9H2,1-3H3,(H,17,18). The van der Waals surface area contributed by atoms with Gasteiger partial charge in [0.25, 0.3) is 0 Å². The zero-order valence-electron chi connectivity index (χ0n) is 12.4. The van der Waals surface area contributed by atoms with Gasteiger partial charge in [-0.2, -0.15) is 0 Å². The van der Waals surface area contributed by atoms with Crippen molar-refractivity contribution >= 4 is 28.9 Å². The number of rotatable bonds is 4. The molecule has 2 aromatic rings. The van der Waals surface area contributed by atoms with Crippen molar-refractivity contribution in [2.45, 2.75) is 20.0 Å². The number of hydrogen-bond donors (Lipinski definition) is 1. The molecule has 0 atom stereocenters. The van der Waals surface area contributed by atoms with Gasteiger partial charge >= 0.3 is 0 Å². The maximum absolute atomic E-state index is 6.20. The minimum atomic E-state index is 0.709. The number of aromatic nitrogens is 1. The van der Waals surface area contributed by atoms with E-state index in [1.165, 1.54) is 4.88 Å². The van der Waals surface area contributed by atoms with Crippen LogP contribution in [0.3, 0.4) is 0 Å². The Morgan fingerprint density at radius 3 is 2.81 bits per heavy atom. The third-order valence-corrected chi connectivity index (χ3v) is 4.49. The molecule has 0 spiro atoms. The molecule has 6 heteroatoms. The Hall–Kier alpha value is -1.59. The molecule has 0 aliphatic carbocycles. The van der Waals surface area contributed by atoms with Crippen molar-refractivity contribution in [1.29, 1.82) is 0 Å². The summed E-state index contributed by atoms with van der Waals surface area (Å²) < 4.78 is 0. The van der Waals surface area contributed by atoms with Crippen molar-refractivity contribution in [2.75, 3.05) is 14.1 Å². The fraction of sp³-hybridized carbons (Fsp3) is 0.333. The Morgan fingerprint density at radius 1 is 1.43 bits per heavy atom. The highest BCUT2D eigenvalue weighted by molar-refractivity contribution is 7.09. The average molecular weight is 323 g/mol. The van der Waals surface area contributed by atoms with Crippen molar-refractivity contribution in [3.8, 4) is 0 Å². The van der Waals surface area contributed by atoms with Crippen LogP contribution in [0.25, 0.3) is 0 Å². The van der Waals surface area contributed by atoms with Crippen LogP contribution in [0.5, 0.6) is 0 Å². The molecule has 0 unspecified atom stereocenters. The monoisotopic (exact) mass is 322 g/mol. The van der Waals surface area contributed by atoms with Crippen molar-refractivity contribution in [1.82, 2.24) is 15.2 Å². The third kappa shape index (κ3) is 4.19. The molecule has 0 radical (unpaired) electrons. The molecule has 0 amide bonds. The van der Waals surface area contributed by atoms with Crippen molar-refractivity contribution in [2.24, 2.45) is 4.99 Å². The van der Waals surface area contributed by atoms with Gasteiger partial charge < -0.3 is 10.2 Å². The number of hydrogen-bond acceptors (Lipinski definition) is 3. The van der Waals surface area contributed by atoms with Gasteiger partial charge in [-0.15, -0.1) is 11.3 Å². The van der Waals surface area contributed by atoms with E-state index < -0.39 is 0 Å². The van der Waals surface area contributed by atoms with Crippen LogP contribution >= 0.6 is 22.9 Å². The predicted molar refractivity (Wildman–Crippen MR) is 90.0 cm³/mol. The van der Waals surface area contributed by atoms with Crippen molar-refractivity contribution in [3.05, 3.63) is 50.9 Å². The fourth-order valence-electron chi connectivity index (χ4n) is 2.00. The van der Waals surface area contributed by atoms with Crippen LogP contribution in [-0.2, 0) is 13.1 Å². The molecule has 0 aliphatic rings. The van der Waals surface area contributed by atoms with Crippen LogP contribution < -0.4 is 5.32 Å². The van der Waals surface area contributed by atoms with Crippen LogP contribution in [-0.4, -0.2) is 29.9 Å². The molecule has 1 aromatic heterocycles. The second-order valence-electron chi connectivity index (χ2n) is 4.71. The molecule has 112 valence electrons.